The average Bonchev–Trinajstić information content (AvgIpc) is 3.77. The van der Waals surface area contributed by atoms with Gasteiger partial charge < -0.3 is 20.1 Å². The minimum Gasteiger partial charge on any atom is -0.508 e. The predicted octanol–water partition coefficient (Wildman–Crippen LogP) is 7.70. The maximum Gasteiger partial charge on any atom is 0.319 e. The molecule has 284 valence electrons. The number of phenols is 1. The normalized spacial score (nSPS) is 19.4. The largest absolute Gasteiger partial charge is 0.508 e. The molecule has 2 N–H and O–H groups in total. The molecule has 2 atom stereocenters. The van der Waals surface area contributed by atoms with Gasteiger partial charge >= 0.3 is 6.01 Å². The number of amides is 1. The number of ether oxygens (including phenoxy) is 1. The van der Waals surface area contributed by atoms with E-state index < -0.39 is 28.9 Å². The lowest BCUT2D eigenvalue weighted by atomic mass is 9.95. The highest BCUT2D eigenvalue weighted by Crippen LogP contribution is 2.40. The van der Waals surface area contributed by atoms with Crippen LogP contribution >= 0.6 is 0 Å². The Morgan fingerprint density at radius 1 is 1.16 bits per heavy atom. The third-order valence-corrected chi connectivity index (χ3v) is 11.1. The molecule has 1 aliphatic carbocycles. The van der Waals surface area contributed by atoms with Gasteiger partial charge in [0.1, 0.15) is 47.2 Å². The molecule has 1 saturated carbocycles. The molecule has 2 fully saturated rings. The van der Waals surface area contributed by atoms with Crippen LogP contribution < -0.4 is 10.1 Å². The minimum atomic E-state index is -1.15. The Morgan fingerprint density at radius 2 is 1.91 bits per heavy atom. The number of nitrogens with one attached hydrogen (secondary N) is 1. The monoisotopic (exact) mass is 752 g/mol. The maximum atomic E-state index is 17.0. The number of hydrogen-bond acceptors (Lipinski definition) is 8. The van der Waals surface area contributed by atoms with Crippen molar-refractivity contribution in [1.29, 1.82) is 0 Å². The Morgan fingerprint density at radius 3 is 2.62 bits per heavy atom. The van der Waals surface area contributed by atoms with Gasteiger partial charge in [-0.05, 0) is 67.1 Å². The molecule has 1 aliphatic heterocycles. The van der Waals surface area contributed by atoms with Crippen molar-refractivity contribution in [3.05, 3.63) is 96.0 Å². The first-order valence-corrected chi connectivity index (χ1v) is 18.0. The first-order valence-electron chi connectivity index (χ1n) is 18.0. The highest BCUT2D eigenvalue weighted by Gasteiger charge is 2.43. The number of aromatic hydroxyl groups is 1. The van der Waals surface area contributed by atoms with Gasteiger partial charge in [-0.25, -0.2) is 17.6 Å². The Kier molecular flexibility index (Phi) is 10.1. The van der Waals surface area contributed by atoms with Crippen molar-refractivity contribution in [3.8, 4) is 35.4 Å². The predicted molar refractivity (Wildman–Crippen MR) is 203 cm³/mol. The number of hydrogen-bond donors (Lipinski definition) is 2. The third-order valence-electron chi connectivity index (χ3n) is 11.1. The molecule has 5 aromatic rings. The number of anilines is 1. The number of alkyl halides is 1. The summed E-state index contributed by atoms with van der Waals surface area (Å²) in [7, 11) is 1.72. The number of halogens is 4. The standard InChI is InChI=1S/C42H40F4N6O3/c1-5-30-33(45)14-11-26-17-29(53)18-31(35(26)30)37-36(46)38-32(20-47-37)39(48-23-42(15-7-8-16-42)51(4)34(54)6-2)50-40(49-38)55-24-41(3)19-28(44)22-52(41)21-25-9-12-27(43)13-10-25/h1,6,9-14,17-18,20,28,53H,2,7-8,15-16,19,21-24H2,3-4H3,(H,48,49,50)/t28-,41+/m1/s1. The Bertz CT molecular complexity index is 2340. The van der Waals surface area contributed by atoms with Crippen molar-refractivity contribution in [2.75, 3.05) is 32.1 Å². The van der Waals surface area contributed by atoms with Crippen molar-refractivity contribution >= 4 is 33.4 Å². The molecule has 0 radical (unpaired) electrons. The minimum absolute atomic E-state index is 0.0517. The highest BCUT2D eigenvalue weighted by atomic mass is 19.1. The van der Waals surface area contributed by atoms with E-state index in [4.69, 9.17) is 11.2 Å². The lowest BCUT2D eigenvalue weighted by Gasteiger charge is -2.38. The molecule has 2 aromatic heterocycles. The molecular formula is C42H40F4N6O3. The molecule has 0 unspecified atom stereocenters. The SMILES string of the molecule is C#Cc1c(F)ccc2cc(O)cc(-c3ncc4c(NCC5(N(C)C(=O)C=C)CCCC5)nc(OC[C@]5(C)C[C@@H](F)CN5Cc5ccc(F)cc5)nc4c3F)c12. The van der Waals surface area contributed by atoms with Crippen LogP contribution in [0.25, 0.3) is 32.9 Å². The van der Waals surface area contributed by atoms with E-state index >= 15 is 8.78 Å². The van der Waals surface area contributed by atoms with Gasteiger partial charge in [0.05, 0.1) is 22.0 Å². The Hall–Kier alpha value is -5.74. The summed E-state index contributed by atoms with van der Waals surface area (Å²) in [5.74, 6) is 0.0940. The number of rotatable bonds is 11. The summed E-state index contributed by atoms with van der Waals surface area (Å²) in [6.07, 6.45) is 10.5. The van der Waals surface area contributed by atoms with E-state index in [0.29, 0.717) is 24.8 Å². The van der Waals surface area contributed by atoms with Crippen LogP contribution in [0.3, 0.4) is 0 Å². The zero-order chi connectivity index (χ0) is 39.1. The van der Waals surface area contributed by atoms with E-state index in [2.05, 4.69) is 32.8 Å². The molecule has 3 heterocycles. The van der Waals surface area contributed by atoms with Gasteiger partial charge in [-0.3, -0.25) is 14.7 Å². The topological polar surface area (TPSA) is 104 Å². The van der Waals surface area contributed by atoms with Crippen molar-refractivity contribution < 1.29 is 32.2 Å². The second kappa shape index (κ2) is 14.8. The molecule has 0 spiro atoms. The van der Waals surface area contributed by atoms with Crippen molar-refractivity contribution in [2.24, 2.45) is 0 Å². The number of aromatic nitrogens is 3. The van der Waals surface area contributed by atoms with Crippen LogP contribution in [0.4, 0.5) is 23.4 Å². The summed E-state index contributed by atoms with van der Waals surface area (Å²) in [5.41, 5.74) is -1.13. The zero-order valence-corrected chi connectivity index (χ0v) is 30.5. The number of likely N-dealkylation sites (tertiary alicyclic amines) is 1. The lowest BCUT2D eigenvalue weighted by Crippen LogP contribution is -2.51. The number of phenolic OH excluding ortho intramolecular Hbond substituents is 1. The van der Waals surface area contributed by atoms with Crippen LogP contribution in [0, 0.1) is 29.8 Å². The maximum absolute atomic E-state index is 17.0. The van der Waals surface area contributed by atoms with E-state index in [1.165, 1.54) is 48.7 Å². The van der Waals surface area contributed by atoms with Crippen molar-refractivity contribution in [2.45, 2.75) is 62.8 Å². The van der Waals surface area contributed by atoms with Crippen LogP contribution in [0.1, 0.15) is 50.2 Å². The molecule has 55 heavy (non-hydrogen) atoms. The fraction of sp³-hybridized carbons (Fsp3) is 0.333. The van der Waals surface area contributed by atoms with Crippen LogP contribution in [0.15, 0.2) is 67.4 Å². The molecular weight excluding hydrogens is 712 g/mol. The van der Waals surface area contributed by atoms with Gasteiger partial charge in [0.15, 0.2) is 5.82 Å². The first-order chi connectivity index (χ1) is 26.3. The van der Waals surface area contributed by atoms with Crippen molar-refractivity contribution in [3.63, 3.8) is 0 Å². The number of pyridine rings is 1. The number of benzene rings is 3. The Labute approximate surface area is 316 Å². The number of fused-ring (bicyclic) bond motifs is 2. The molecule has 1 saturated heterocycles. The summed E-state index contributed by atoms with van der Waals surface area (Å²) in [5, 5.41) is 14.7. The van der Waals surface area contributed by atoms with Gasteiger partial charge in [-0.1, -0.05) is 43.5 Å². The molecule has 0 bridgehead atoms. The molecule has 13 heteroatoms. The summed E-state index contributed by atoms with van der Waals surface area (Å²) in [6.45, 7) is 6.15. The number of likely N-dealkylation sites (N-methyl/N-ethyl adjacent to an activating group) is 1. The van der Waals surface area contributed by atoms with Crippen LogP contribution in [-0.4, -0.2) is 79.8 Å². The highest BCUT2D eigenvalue weighted by molar-refractivity contribution is 6.03. The summed E-state index contributed by atoms with van der Waals surface area (Å²) >= 11 is 0. The van der Waals surface area contributed by atoms with Crippen molar-refractivity contribution in [1.82, 2.24) is 24.8 Å². The second-order valence-electron chi connectivity index (χ2n) is 14.7. The number of carbonyl (C=O) groups is 1. The molecule has 2 aliphatic rings. The smallest absolute Gasteiger partial charge is 0.319 e. The van der Waals surface area contributed by atoms with Gasteiger partial charge in [0.25, 0.3) is 0 Å². The van der Waals surface area contributed by atoms with Gasteiger partial charge in [-0.15, -0.1) is 6.42 Å². The van der Waals surface area contributed by atoms with E-state index in [0.717, 1.165) is 18.4 Å². The quantitative estimate of drug-likeness (QED) is 0.0805. The van der Waals surface area contributed by atoms with E-state index in [1.807, 2.05) is 11.8 Å². The summed E-state index contributed by atoms with van der Waals surface area (Å²) in [6, 6.07) is 11.1. The van der Waals surface area contributed by atoms with Crippen LogP contribution in [0.5, 0.6) is 11.8 Å². The van der Waals surface area contributed by atoms with E-state index in [9.17, 15) is 18.7 Å². The number of carbonyl (C=O) groups excluding carboxylic acids is 1. The second-order valence-corrected chi connectivity index (χ2v) is 14.7. The average molecular weight is 753 g/mol. The zero-order valence-electron chi connectivity index (χ0n) is 30.5. The number of nitrogens with zero attached hydrogens (tertiary/aromatic N) is 5. The number of terminal acetylenes is 1. The van der Waals surface area contributed by atoms with Gasteiger partial charge in [0.2, 0.25) is 5.91 Å². The fourth-order valence-corrected chi connectivity index (χ4v) is 8.03. The summed E-state index contributed by atoms with van der Waals surface area (Å²) < 4.78 is 66.8. The van der Waals surface area contributed by atoms with E-state index in [-0.39, 0.29) is 88.5 Å². The molecule has 3 aromatic carbocycles. The van der Waals surface area contributed by atoms with Gasteiger partial charge in [0, 0.05) is 50.2 Å². The molecule has 9 nitrogen and oxygen atoms in total. The van der Waals surface area contributed by atoms with Gasteiger partial charge in [-0.2, -0.15) is 9.97 Å². The Balaban J connectivity index is 1.31. The van der Waals surface area contributed by atoms with Crippen LogP contribution in [0.2, 0.25) is 0 Å². The summed E-state index contributed by atoms with van der Waals surface area (Å²) in [4.78, 5) is 29.9. The molecule has 7 rings (SSSR count). The third kappa shape index (κ3) is 7.14. The van der Waals surface area contributed by atoms with Crippen LogP contribution in [-0.2, 0) is 11.3 Å². The van der Waals surface area contributed by atoms with E-state index in [1.54, 1.807) is 24.1 Å². The lowest BCUT2D eigenvalue weighted by molar-refractivity contribution is -0.129. The fourth-order valence-electron chi connectivity index (χ4n) is 8.03. The molecule has 1 amide bonds. The first kappa shape index (κ1) is 37.6.